The number of carbonyl (C=O) groups excluding carboxylic acids is 1. The zero-order valence-electron chi connectivity index (χ0n) is 11.8. The van der Waals surface area contributed by atoms with Crippen LogP contribution in [-0.2, 0) is 19.0 Å². The third-order valence-electron chi connectivity index (χ3n) is 2.42. The molecule has 0 aliphatic carbocycles. The molecule has 0 unspecified atom stereocenters. The Labute approximate surface area is 113 Å². The second-order valence-electron chi connectivity index (χ2n) is 4.35. The largest absolute Gasteiger partial charge is 0.385 e. The number of carbonyl (C=O) groups is 1. The summed E-state index contributed by atoms with van der Waals surface area (Å²) in [5.41, 5.74) is 0. The molecule has 0 aliphatic rings. The van der Waals surface area contributed by atoms with Crippen LogP contribution in [0.5, 0.6) is 0 Å². The summed E-state index contributed by atoms with van der Waals surface area (Å²) < 4.78 is 40.9. The number of alkyl halides is 2. The summed E-state index contributed by atoms with van der Waals surface area (Å²) in [4.78, 5) is 10.9. The van der Waals surface area contributed by atoms with E-state index in [1.54, 1.807) is 14.0 Å². The van der Waals surface area contributed by atoms with Crippen molar-refractivity contribution in [2.24, 2.45) is 0 Å². The van der Waals surface area contributed by atoms with Crippen molar-refractivity contribution in [3.8, 4) is 0 Å². The van der Waals surface area contributed by atoms with Crippen molar-refractivity contribution in [2.45, 2.75) is 38.5 Å². The van der Waals surface area contributed by atoms with Crippen LogP contribution in [0.1, 0.15) is 32.6 Å². The van der Waals surface area contributed by atoms with E-state index >= 15 is 0 Å². The molecular formula is C13H24F2O4. The summed E-state index contributed by atoms with van der Waals surface area (Å²) in [6, 6.07) is 0. The highest BCUT2D eigenvalue weighted by Crippen LogP contribution is 2.14. The molecule has 19 heavy (non-hydrogen) atoms. The van der Waals surface area contributed by atoms with Crippen molar-refractivity contribution in [2.75, 3.05) is 40.1 Å². The molecule has 6 heteroatoms. The Balaban J connectivity index is 3.48. The van der Waals surface area contributed by atoms with Crippen molar-refractivity contribution in [3.05, 3.63) is 0 Å². The molecule has 0 bridgehead atoms. The van der Waals surface area contributed by atoms with Crippen LogP contribution in [-0.4, -0.2) is 51.8 Å². The van der Waals surface area contributed by atoms with Gasteiger partial charge in [-0.05, 0) is 19.3 Å². The molecule has 0 heterocycles. The number of Topliss-reactive ketones (excluding diaryl/α,β-unsaturated/α-hetero) is 1. The maximum atomic E-state index is 13.2. The normalized spacial score (nSPS) is 11.8. The lowest BCUT2D eigenvalue weighted by atomic mass is 10.2. The molecule has 114 valence electrons. The molecule has 0 aromatic heterocycles. The highest BCUT2D eigenvalue weighted by atomic mass is 19.3. The van der Waals surface area contributed by atoms with E-state index in [0.717, 1.165) is 19.3 Å². The molecule has 0 saturated heterocycles. The topological polar surface area (TPSA) is 44.8 Å². The highest BCUT2D eigenvalue weighted by Gasteiger charge is 2.29. The van der Waals surface area contributed by atoms with Crippen molar-refractivity contribution in [1.82, 2.24) is 0 Å². The van der Waals surface area contributed by atoms with E-state index in [1.165, 1.54) is 0 Å². The van der Waals surface area contributed by atoms with Crippen molar-refractivity contribution >= 4 is 5.78 Å². The molecule has 4 nitrogen and oxygen atoms in total. The van der Waals surface area contributed by atoms with Gasteiger partial charge in [0.2, 0.25) is 0 Å². The van der Waals surface area contributed by atoms with Gasteiger partial charge >= 0.3 is 0 Å². The average Bonchev–Trinajstić information content (AvgIpc) is 2.37. The van der Waals surface area contributed by atoms with Gasteiger partial charge in [0.25, 0.3) is 5.92 Å². The second kappa shape index (κ2) is 11.3. The van der Waals surface area contributed by atoms with Crippen molar-refractivity contribution in [3.63, 3.8) is 0 Å². The van der Waals surface area contributed by atoms with Crippen LogP contribution in [0.15, 0.2) is 0 Å². The van der Waals surface area contributed by atoms with Crippen molar-refractivity contribution < 1.29 is 27.8 Å². The number of halogens is 2. The molecular weight excluding hydrogens is 258 g/mol. The van der Waals surface area contributed by atoms with Crippen LogP contribution in [0.3, 0.4) is 0 Å². The van der Waals surface area contributed by atoms with E-state index in [4.69, 9.17) is 9.47 Å². The minimum Gasteiger partial charge on any atom is -0.385 e. The number of ether oxygens (including phenoxy) is 3. The molecule has 0 N–H and O–H groups in total. The first kappa shape index (κ1) is 18.4. The minimum absolute atomic E-state index is 0.185. The molecule has 0 saturated carbocycles. The first-order chi connectivity index (χ1) is 9.02. The first-order valence-corrected chi connectivity index (χ1v) is 6.56. The molecule has 0 aromatic rings. The fourth-order valence-electron chi connectivity index (χ4n) is 1.31. The first-order valence-electron chi connectivity index (χ1n) is 6.56. The molecule has 0 aliphatic heterocycles. The van der Waals surface area contributed by atoms with Gasteiger partial charge in [0.15, 0.2) is 5.78 Å². The lowest BCUT2D eigenvalue weighted by Crippen LogP contribution is -2.31. The molecule has 0 radical (unpaired) electrons. The Morgan fingerprint density at radius 1 is 1.05 bits per heavy atom. The molecule has 0 spiro atoms. The molecule has 0 aromatic carbocycles. The molecule has 0 amide bonds. The van der Waals surface area contributed by atoms with E-state index in [2.05, 4.69) is 4.74 Å². The van der Waals surface area contributed by atoms with Gasteiger partial charge in [-0.2, -0.15) is 0 Å². The lowest BCUT2D eigenvalue weighted by Gasteiger charge is -2.16. The third-order valence-corrected chi connectivity index (χ3v) is 2.42. The Morgan fingerprint density at radius 3 is 2.32 bits per heavy atom. The Bertz CT molecular complexity index is 235. The third kappa shape index (κ3) is 12.2. The number of hydrogen-bond acceptors (Lipinski definition) is 4. The monoisotopic (exact) mass is 282 g/mol. The number of rotatable bonds is 13. The fourth-order valence-corrected chi connectivity index (χ4v) is 1.31. The molecule has 0 atom stereocenters. The van der Waals surface area contributed by atoms with E-state index in [0.29, 0.717) is 19.6 Å². The van der Waals surface area contributed by atoms with Crippen LogP contribution >= 0.6 is 0 Å². The van der Waals surface area contributed by atoms with Crippen LogP contribution < -0.4 is 0 Å². The van der Waals surface area contributed by atoms with E-state index in [1.807, 2.05) is 0 Å². The van der Waals surface area contributed by atoms with Crippen LogP contribution in [0.4, 0.5) is 8.78 Å². The van der Waals surface area contributed by atoms with Crippen LogP contribution in [0, 0.1) is 0 Å². The predicted octanol–water partition coefficient (Wildman–Crippen LogP) is 2.45. The number of ketones is 1. The maximum absolute atomic E-state index is 13.2. The Morgan fingerprint density at radius 2 is 1.68 bits per heavy atom. The SMILES string of the molecule is CCC(=O)COCC(F)(F)COCCCCCOC. The van der Waals surface area contributed by atoms with Gasteiger partial charge < -0.3 is 14.2 Å². The maximum Gasteiger partial charge on any atom is 0.293 e. The zero-order valence-corrected chi connectivity index (χ0v) is 11.8. The summed E-state index contributed by atoms with van der Waals surface area (Å²) >= 11 is 0. The quantitative estimate of drug-likeness (QED) is 0.487. The Kier molecular flexibility index (Phi) is 10.9. The molecule has 0 fully saturated rings. The fraction of sp³-hybridized carbons (Fsp3) is 0.923. The average molecular weight is 282 g/mol. The standard InChI is InChI=1S/C13H24F2O4/c1-3-12(16)9-19-11-13(14,15)10-18-8-6-4-5-7-17-2/h3-11H2,1-2H3. The zero-order chi connectivity index (χ0) is 14.6. The van der Waals surface area contributed by atoms with Gasteiger partial charge in [-0.25, -0.2) is 8.78 Å². The van der Waals surface area contributed by atoms with Crippen LogP contribution in [0.2, 0.25) is 0 Å². The van der Waals surface area contributed by atoms with Gasteiger partial charge in [-0.1, -0.05) is 6.92 Å². The summed E-state index contributed by atoms with van der Waals surface area (Å²) in [6.45, 7) is 0.933. The molecule has 0 rings (SSSR count). The Hall–Kier alpha value is -0.590. The van der Waals surface area contributed by atoms with Gasteiger partial charge in [-0.15, -0.1) is 0 Å². The summed E-state index contributed by atoms with van der Waals surface area (Å²) in [7, 11) is 1.63. The van der Waals surface area contributed by atoms with Crippen molar-refractivity contribution in [1.29, 1.82) is 0 Å². The van der Waals surface area contributed by atoms with Gasteiger partial charge in [0.05, 0.1) is 0 Å². The predicted molar refractivity (Wildman–Crippen MR) is 67.6 cm³/mol. The highest BCUT2D eigenvalue weighted by molar-refractivity contribution is 5.79. The second-order valence-corrected chi connectivity index (χ2v) is 4.35. The number of methoxy groups -OCH3 is 1. The number of unbranched alkanes of at least 4 members (excludes halogenated alkanes) is 2. The van der Waals surface area contributed by atoms with E-state index in [-0.39, 0.29) is 12.4 Å². The minimum atomic E-state index is -3.04. The smallest absolute Gasteiger partial charge is 0.293 e. The summed E-state index contributed by atoms with van der Waals surface area (Å²) in [6.07, 6.45) is 2.82. The van der Waals surface area contributed by atoms with Gasteiger partial charge in [0, 0.05) is 26.7 Å². The van der Waals surface area contributed by atoms with Gasteiger partial charge in [-0.3, -0.25) is 4.79 Å². The summed E-state index contributed by atoms with van der Waals surface area (Å²) in [5.74, 6) is -3.23. The number of hydrogen-bond donors (Lipinski definition) is 0. The van der Waals surface area contributed by atoms with E-state index < -0.39 is 19.1 Å². The lowest BCUT2D eigenvalue weighted by molar-refractivity contribution is -0.138. The van der Waals surface area contributed by atoms with Gasteiger partial charge in [0.1, 0.15) is 19.8 Å². The van der Waals surface area contributed by atoms with Crippen LogP contribution in [0.25, 0.3) is 0 Å². The van der Waals surface area contributed by atoms with E-state index in [9.17, 15) is 13.6 Å². The summed E-state index contributed by atoms with van der Waals surface area (Å²) in [5, 5.41) is 0.